The van der Waals surface area contributed by atoms with Gasteiger partial charge in [0, 0.05) is 12.1 Å². The van der Waals surface area contributed by atoms with E-state index in [2.05, 4.69) is 15.5 Å². The number of hydrogen-bond acceptors (Lipinski definition) is 6. The molecule has 1 unspecified atom stereocenters. The van der Waals surface area contributed by atoms with Gasteiger partial charge in [0.1, 0.15) is 6.04 Å². The van der Waals surface area contributed by atoms with Crippen molar-refractivity contribution in [2.24, 2.45) is 0 Å². The molecule has 0 fully saturated rings. The third-order valence-corrected chi connectivity index (χ3v) is 7.92. The largest absolute Gasteiger partial charge is 0.346 e. The molecule has 178 valence electrons. The van der Waals surface area contributed by atoms with Crippen LogP contribution in [0.3, 0.4) is 0 Å². The number of hydrogen-bond donors (Lipinski definition) is 1. The molecule has 3 aromatic carbocycles. The summed E-state index contributed by atoms with van der Waals surface area (Å²) in [7, 11) is -3.91. The number of carbonyl (C=O) groups excluding carboxylic acids is 1. The number of carbonyl (C=O) groups is 1. The van der Waals surface area contributed by atoms with Gasteiger partial charge in [0.05, 0.1) is 11.4 Å². The summed E-state index contributed by atoms with van der Waals surface area (Å²) in [6.45, 7) is 2.00. The maximum absolute atomic E-state index is 13.6. The maximum atomic E-state index is 13.6. The first-order valence-corrected chi connectivity index (χ1v) is 12.7. The second-order valence-electron chi connectivity index (χ2n) is 8.45. The zero-order valence-electron chi connectivity index (χ0n) is 19.1. The Kier molecular flexibility index (Phi) is 6.19. The van der Waals surface area contributed by atoms with Gasteiger partial charge in [-0.2, -0.15) is 9.29 Å². The van der Waals surface area contributed by atoms with Crippen LogP contribution in [0.15, 0.2) is 88.3 Å². The van der Waals surface area contributed by atoms with Gasteiger partial charge in [-0.25, -0.2) is 8.42 Å². The lowest BCUT2D eigenvalue weighted by atomic mass is 9.95. The van der Waals surface area contributed by atoms with Gasteiger partial charge in [0.25, 0.3) is 0 Å². The van der Waals surface area contributed by atoms with Crippen LogP contribution in [0.5, 0.6) is 0 Å². The third-order valence-electron chi connectivity index (χ3n) is 6.05. The number of sulfonamides is 1. The minimum atomic E-state index is -3.91. The molecule has 0 spiro atoms. The fraction of sp³-hybridized carbons (Fsp3) is 0.192. The lowest BCUT2D eigenvalue weighted by Gasteiger charge is -2.35. The van der Waals surface area contributed by atoms with E-state index in [4.69, 9.17) is 4.52 Å². The van der Waals surface area contributed by atoms with Gasteiger partial charge in [0.15, 0.2) is 0 Å². The highest BCUT2D eigenvalue weighted by Gasteiger charge is 2.39. The van der Waals surface area contributed by atoms with E-state index >= 15 is 0 Å². The van der Waals surface area contributed by atoms with Gasteiger partial charge in [-0.3, -0.25) is 4.79 Å². The Morgan fingerprint density at radius 2 is 1.69 bits per heavy atom. The second-order valence-corrected chi connectivity index (χ2v) is 10.3. The minimum Gasteiger partial charge on any atom is -0.346 e. The first kappa shape index (κ1) is 22.9. The number of aryl methyl sites for hydroxylation is 1. The Hall–Kier alpha value is -3.82. The van der Waals surface area contributed by atoms with Crippen LogP contribution in [-0.2, 0) is 34.3 Å². The first-order valence-electron chi connectivity index (χ1n) is 11.2. The first-order chi connectivity index (χ1) is 16.9. The van der Waals surface area contributed by atoms with E-state index in [0.717, 1.165) is 22.3 Å². The quantitative estimate of drug-likeness (QED) is 0.446. The Bertz CT molecular complexity index is 1450. The van der Waals surface area contributed by atoms with Gasteiger partial charge in [0.2, 0.25) is 27.6 Å². The molecule has 0 bridgehead atoms. The van der Waals surface area contributed by atoms with Crippen molar-refractivity contribution in [1.82, 2.24) is 19.8 Å². The highest BCUT2D eigenvalue weighted by molar-refractivity contribution is 7.89. The molecule has 1 aliphatic heterocycles. The van der Waals surface area contributed by atoms with Crippen molar-refractivity contribution < 1.29 is 17.7 Å². The third kappa shape index (κ3) is 4.73. The fourth-order valence-corrected chi connectivity index (χ4v) is 5.70. The summed E-state index contributed by atoms with van der Waals surface area (Å²) in [5.74, 6) is 0.237. The van der Waals surface area contributed by atoms with Crippen LogP contribution in [-0.4, -0.2) is 34.8 Å². The van der Waals surface area contributed by atoms with E-state index in [1.54, 1.807) is 24.3 Å². The SMILES string of the molecule is Cc1ccc(S(=O)(=O)N2Cc3ccccc3CC2C(=O)NCc2nc(-c3ccccc3)no2)cc1. The number of nitrogens with one attached hydrogen (secondary N) is 1. The zero-order chi connectivity index (χ0) is 24.4. The number of rotatable bonds is 6. The van der Waals surface area contributed by atoms with Crippen LogP contribution in [0.1, 0.15) is 22.6 Å². The van der Waals surface area contributed by atoms with Crippen molar-refractivity contribution in [2.75, 3.05) is 0 Å². The monoisotopic (exact) mass is 488 g/mol. The van der Waals surface area contributed by atoms with Crippen LogP contribution < -0.4 is 5.32 Å². The molecule has 0 aliphatic carbocycles. The van der Waals surface area contributed by atoms with E-state index in [0.29, 0.717) is 5.82 Å². The van der Waals surface area contributed by atoms with Crippen LogP contribution in [0.2, 0.25) is 0 Å². The predicted molar refractivity (Wildman–Crippen MR) is 129 cm³/mol. The van der Waals surface area contributed by atoms with E-state index in [1.807, 2.05) is 61.5 Å². The molecule has 4 aromatic rings. The van der Waals surface area contributed by atoms with Gasteiger partial charge in [-0.1, -0.05) is 77.5 Å². The zero-order valence-corrected chi connectivity index (χ0v) is 19.9. The molecule has 8 nitrogen and oxygen atoms in total. The molecule has 0 saturated heterocycles. The maximum Gasteiger partial charge on any atom is 0.246 e. The average molecular weight is 489 g/mol. The van der Waals surface area contributed by atoms with Crippen LogP contribution >= 0.6 is 0 Å². The Morgan fingerprint density at radius 3 is 2.43 bits per heavy atom. The number of aromatic nitrogens is 2. The van der Waals surface area contributed by atoms with Gasteiger partial charge in [-0.15, -0.1) is 0 Å². The number of fused-ring (bicyclic) bond motifs is 1. The van der Waals surface area contributed by atoms with Crippen molar-refractivity contribution in [1.29, 1.82) is 0 Å². The van der Waals surface area contributed by atoms with Gasteiger partial charge < -0.3 is 9.84 Å². The number of amides is 1. The highest BCUT2D eigenvalue weighted by Crippen LogP contribution is 2.29. The Balaban J connectivity index is 1.38. The predicted octanol–water partition coefficient (Wildman–Crippen LogP) is 3.48. The summed E-state index contributed by atoms with van der Waals surface area (Å²) in [6, 6.07) is 22.7. The molecule has 1 aliphatic rings. The fourth-order valence-electron chi connectivity index (χ4n) is 4.13. The second kappa shape index (κ2) is 9.44. The molecule has 5 rings (SSSR count). The molecular formula is C26H24N4O4S. The normalized spacial score (nSPS) is 16.0. The topological polar surface area (TPSA) is 105 Å². The van der Waals surface area contributed by atoms with Crippen molar-refractivity contribution in [3.63, 3.8) is 0 Å². The summed E-state index contributed by atoms with van der Waals surface area (Å²) < 4.78 is 33.7. The molecule has 0 radical (unpaired) electrons. The van der Waals surface area contributed by atoms with Crippen molar-refractivity contribution in [2.45, 2.75) is 37.4 Å². The molecule has 35 heavy (non-hydrogen) atoms. The van der Waals surface area contributed by atoms with E-state index in [-0.39, 0.29) is 30.3 Å². The summed E-state index contributed by atoms with van der Waals surface area (Å²) in [5.41, 5.74) is 3.59. The Labute approximate surface area is 203 Å². The summed E-state index contributed by atoms with van der Waals surface area (Å²) in [4.78, 5) is 17.8. The molecule has 1 aromatic heterocycles. The molecule has 9 heteroatoms. The van der Waals surface area contributed by atoms with Crippen LogP contribution in [0.25, 0.3) is 11.4 Å². The van der Waals surface area contributed by atoms with Crippen LogP contribution in [0.4, 0.5) is 0 Å². The molecular weight excluding hydrogens is 464 g/mol. The van der Waals surface area contributed by atoms with E-state index in [1.165, 1.54) is 4.31 Å². The van der Waals surface area contributed by atoms with Gasteiger partial charge >= 0.3 is 0 Å². The average Bonchev–Trinajstić information content (AvgIpc) is 3.36. The summed E-state index contributed by atoms with van der Waals surface area (Å²) in [6.07, 6.45) is 0.270. The molecule has 1 amide bonds. The molecule has 1 atom stereocenters. The molecule has 0 saturated carbocycles. The Morgan fingerprint density at radius 1 is 1.00 bits per heavy atom. The lowest BCUT2D eigenvalue weighted by molar-refractivity contribution is -0.125. The van der Waals surface area contributed by atoms with E-state index < -0.39 is 22.0 Å². The molecule has 2 heterocycles. The highest BCUT2D eigenvalue weighted by atomic mass is 32.2. The van der Waals surface area contributed by atoms with Crippen LogP contribution in [0, 0.1) is 6.92 Å². The summed E-state index contributed by atoms with van der Waals surface area (Å²) >= 11 is 0. The minimum absolute atomic E-state index is 0.00473. The number of benzene rings is 3. The lowest BCUT2D eigenvalue weighted by Crippen LogP contribution is -2.52. The van der Waals surface area contributed by atoms with Crippen molar-refractivity contribution in [3.05, 3.63) is 101 Å². The van der Waals surface area contributed by atoms with E-state index in [9.17, 15) is 13.2 Å². The smallest absolute Gasteiger partial charge is 0.246 e. The van der Waals surface area contributed by atoms with Crippen molar-refractivity contribution >= 4 is 15.9 Å². The number of nitrogens with zero attached hydrogens (tertiary/aromatic N) is 3. The molecule has 1 N–H and O–H groups in total. The standard InChI is InChI=1S/C26H24N4O4S/c1-18-11-13-22(14-12-18)35(32,33)30-17-21-10-6-5-9-20(21)15-23(30)26(31)27-16-24-28-25(29-34-24)19-7-3-2-4-8-19/h2-14,23H,15-17H2,1H3,(H,27,31). The van der Waals surface area contributed by atoms with Crippen molar-refractivity contribution in [3.8, 4) is 11.4 Å². The van der Waals surface area contributed by atoms with Gasteiger partial charge in [-0.05, 0) is 36.6 Å². The summed E-state index contributed by atoms with van der Waals surface area (Å²) in [5, 5.41) is 6.75.